The van der Waals surface area contributed by atoms with Crippen LogP contribution in [0.25, 0.3) is 0 Å². The number of rotatable bonds is 6. The molecule has 1 aromatic carbocycles. The number of hydrogen-bond donors (Lipinski definition) is 3. The molecule has 1 atom stereocenters. The van der Waals surface area contributed by atoms with E-state index >= 15 is 0 Å². The number of aryl methyl sites for hydroxylation is 1. The minimum absolute atomic E-state index is 0.151. The van der Waals surface area contributed by atoms with Gasteiger partial charge in [-0.3, -0.25) is 9.59 Å². The van der Waals surface area contributed by atoms with Gasteiger partial charge >= 0.3 is 0 Å². The molecule has 0 aliphatic rings. The van der Waals surface area contributed by atoms with Gasteiger partial charge < -0.3 is 10.6 Å². The molecule has 1 unspecified atom stereocenters. The Hall–Kier alpha value is -2.23. The smallest absolute Gasteiger partial charge is 0.251 e. The van der Waals surface area contributed by atoms with Crippen LogP contribution in [-0.2, 0) is 14.8 Å². The maximum atomic E-state index is 12.3. The number of carbonyl (C=O) groups is 2. The summed E-state index contributed by atoms with van der Waals surface area (Å²) in [5, 5.41) is 6.84. The number of carbonyl (C=O) groups excluding carboxylic acids is 2. The Labute approximate surface area is 150 Å². The van der Waals surface area contributed by atoms with Gasteiger partial charge in [-0.05, 0) is 49.1 Å². The zero-order valence-corrected chi connectivity index (χ0v) is 15.6. The standard InChI is InChI=1S/C16H19N3O4S2/c1-10-9-12(16(21)17-3)6-7-13(10)18-15(20)11(2)19-25(22,23)14-5-4-8-24-14/h4-9,11,19H,1-3H3,(H,17,21)(H,18,20). The highest BCUT2D eigenvalue weighted by Crippen LogP contribution is 2.18. The van der Waals surface area contributed by atoms with Crippen LogP contribution in [0.1, 0.15) is 22.8 Å². The van der Waals surface area contributed by atoms with Gasteiger partial charge in [0.1, 0.15) is 4.21 Å². The van der Waals surface area contributed by atoms with Crippen LogP contribution in [0.3, 0.4) is 0 Å². The van der Waals surface area contributed by atoms with E-state index in [0.717, 1.165) is 11.3 Å². The van der Waals surface area contributed by atoms with Crippen LogP contribution in [-0.4, -0.2) is 33.3 Å². The van der Waals surface area contributed by atoms with E-state index in [1.165, 1.54) is 20.0 Å². The molecule has 2 aromatic rings. The largest absolute Gasteiger partial charge is 0.355 e. The van der Waals surface area contributed by atoms with E-state index in [-0.39, 0.29) is 10.1 Å². The average molecular weight is 381 g/mol. The summed E-state index contributed by atoms with van der Waals surface area (Å²) < 4.78 is 26.8. The monoisotopic (exact) mass is 381 g/mol. The molecule has 1 aromatic heterocycles. The summed E-state index contributed by atoms with van der Waals surface area (Å²) in [5.41, 5.74) is 1.69. The Morgan fingerprint density at radius 2 is 1.92 bits per heavy atom. The van der Waals surface area contributed by atoms with Crippen molar-refractivity contribution in [3.8, 4) is 0 Å². The van der Waals surface area contributed by atoms with Crippen LogP contribution < -0.4 is 15.4 Å². The Bertz CT molecular complexity index is 877. The first-order valence-electron chi connectivity index (χ1n) is 7.44. The second-order valence-corrected chi connectivity index (χ2v) is 8.26. The lowest BCUT2D eigenvalue weighted by atomic mass is 10.1. The quantitative estimate of drug-likeness (QED) is 0.709. The van der Waals surface area contributed by atoms with Crippen LogP contribution in [0.15, 0.2) is 39.9 Å². The molecule has 0 aliphatic carbocycles. The zero-order chi connectivity index (χ0) is 18.6. The number of thiophene rings is 1. The molecule has 7 nitrogen and oxygen atoms in total. The normalized spacial score (nSPS) is 12.4. The third-order valence-electron chi connectivity index (χ3n) is 3.46. The van der Waals surface area contributed by atoms with Crippen LogP contribution >= 0.6 is 11.3 Å². The van der Waals surface area contributed by atoms with E-state index < -0.39 is 22.0 Å². The van der Waals surface area contributed by atoms with Crippen molar-refractivity contribution in [2.75, 3.05) is 12.4 Å². The molecule has 2 amide bonds. The van der Waals surface area contributed by atoms with Gasteiger partial charge in [0.25, 0.3) is 15.9 Å². The van der Waals surface area contributed by atoms with Crippen molar-refractivity contribution >= 4 is 38.9 Å². The van der Waals surface area contributed by atoms with Gasteiger partial charge in [-0.1, -0.05) is 6.07 Å². The number of hydrogen-bond acceptors (Lipinski definition) is 5. The predicted molar refractivity (Wildman–Crippen MR) is 97.3 cm³/mol. The summed E-state index contributed by atoms with van der Waals surface area (Å²) >= 11 is 1.08. The van der Waals surface area contributed by atoms with Crippen LogP contribution in [0, 0.1) is 6.92 Å². The maximum Gasteiger partial charge on any atom is 0.251 e. The van der Waals surface area contributed by atoms with E-state index in [4.69, 9.17) is 0 Å². The molecule has 134 valence electrons. The molecule has 0 aliphatic heterocycles. The number of benzene rings is 1. The fraction of sp³-hybridized carbons (Fsp3) is 0.250. The first kappa shape index (κ1) is 19.1. The molecule has 1 heterocycles. The van der Waals surface area contributed by atoms with Crippen LogP contribution in [0.4, 0.5) is 5.69 Å². The lowest BCUT2D eigenvalue weighted by Crippen LogP contribution is -2.41. The van der Waals surface area contributed by atoms with Gasteiger partial charge in [0.05, 0.1) is 6.04 Å². The van der Waals surface area contributed by atoms with E-state index in [9.17, 15) is 18.0 Å². The zero-order valence-electron chi connectivity index (χ0n) is 14.0. The number of amides is 2. The van der Waals surface area contributed by atoms with Crippen LogP contribution in [0.5, 0.6) is 0 Å². The van der Waals surface area contributed by atoms with E-state index in [1.807, 2.05) is 0 Å². The highest BCUT2D eigenvalue weighted by molar-refractivity contribution is 7.91. The molecule has 0 fully saturated rings. The fourth-order valence-corrected chi connectivity index (χ4v) is 4.30. The Kier molecular flexibility index (Phi) is 5.93. The number of nitrogens with one attached hydrogen (secondary N) is 3. The predicted octanol–water partition coefficient (Wildman–Crippen LogP) is 1.72. The molecule has 0 bridgehead atoms. The van der Waals surface area contributed by atoms with Gasteiger partial charge in [0.2, 0.25) is 5.91 Å². The summed E-state index contributed by atoms with van der Waals surface area (Å²) in [4.78, 5) is 23.9. The van der Waals surface area contributed by atoms with Crippen molar-refractivity contribution in [1.29, 1.82) is 0 Å². The van der Waals surface area contributed by atoms with Crippen molar-refractivity contribution in [2.45, 2.75) is 24.1 Å². The first-order valence-corrected chi connectivity index (χ1v) is 9.80. The maximum absolute atomic E-state index is 12.3. The molecule has 0 saturated carbocycles. The van der Waals surface area contributed by atoms with Crippen molar-refractivity contribution in [3.63, 3.8) is 0 Å². The summed E-state index contributed by atoms with van der Waals surface area (Å²) in [7, 11) is -2.19. The van der Waals surface area contributed by atoms with Gasteiger partial charge in [-0.25, -0.2) is 8.42 Å². The highest BCUT2D eigenvalue weighted by Gasteiger charge is 2.23. The summed E-state index contributed by atoms with van der Waals surface area (Å²) in [6, 6.07) is 6.99. The van der Waals surface area contributed by atoms with Gasteiger partial charge in [0.15, 0.2) is 0 Å². The third-order valence-corrected chi connectivity index (χ3v) is 6.40. The molecule has 9 heteroatoms. The van der Waals surface area contributed by atoms with Crippen molar-refractivity contribution < 1.29 is 18.0 Å². The lowest BCUT2D eigenvalue weighted by molar-refractivity contribution is -0.117. The molecule has 3 N–H and O–H groups in total. The molecular formula is C16H19N3O4S2. The summed E-state index contributed by atoms with van der Waals surface area (Å²) in [6.07, 6.45) is 0. The van der Waals surface area contributed by atoms with Gasteiger partial charge in [-0.2, -0.15) is 4.72 Å². The van der Waals surface area contributed by atoms with Crippen LogP contribution in [0.2, 0.25) is 0 Å². The van der Waals surface area contributed by atoms with Crippen molar-refractivity contribution in [2.24, 2.45) is 0 Å². The molecular weight excluding hydrogens is 362 g/mol. The van der Waals surface area contributed by atoms with E-state index in [0.29, 0.717) is 16.8 Å². The molecule has 0 radical (unpaired) electrons. The second kappa shape index (κ2) is 7.77. The second-order valence-electron chi connectivity index (χ2n) is 5.37. The van der Waals surface area contributed by atoms with Crippen molar-refractivity contribution in [3.05, 3.63) is 46.8 Å². The SMILES string of the molecule is CNC(=O)c1ccc(NC(=O)C(C)NS(=O)(=O)c2cccs2)c(C)c1. The molecule has 25 heavy (non-hydrogen) atoms. The molecule has 2 rings (SSSR count). The minimum Gasteiger partial charge on any atom is -0.355 e. The van der Waals surface area contributed by atoms with Gasteiger partial charge in [0, 0.05) is 18.3 Å². The average Bonchev–Trinajstić information content (AvgIpc) is 3.10. The van der Waals surface area contributed by atoms with E-state index in [1.54, 1.807) is 36.6 Å². The highest BCUT2D eigenvalue weighted by atomic mass is 32.2. The first-order chi connectivity index (χ1) is 11.7. The number of anilines is 1. The van der Waals surface area contributed by atoms with Crippen molar-refractivity contribution in [1.82, 2.24) is 10.0 Å². The van der Waals surface area contributed by atoms with E-state index in [2.05, 4.69) is 15.4 Å². The lowest BCUT2D eigenvalue weighted by Gasteiger charge is -2.15. The number of sulfonamides is 1. The molecule has 0 saturated heterocycles. The topological polar surface area (TPSA) is 104 Å². The molecule has 0 spiro atoms. The minimum atomic E-state index is -3.73. The summed E-state index contributed by atoms with van der Waals surface area (Å²) in [6.45, 7) is 3.22. The Morgan fingerprint density at radius 1 is 1.20 bits per heavy atom. The van der Waals surface area contributed by atoms with Gasteiger partial charge in [-0.15, -0.1) is 11.3 Å². The Morgan fingerprint density at radius 3 is 2.48 bits per heavy atom. The third kappa shape index (κ3) is 4.65. The fourth-order valence-electron chi connectivity index (χ4n) is 2.09. The summed E-state index contributed by atoms with van der Waals surface area (Å²) in [5.74, 6) is -0.714. The Balaban J connectivity index is 2.08.